The lowest BCUT2D eigenvalue weighted by Gasteiger charge is -2.33. The molecular weight excluding hydrogens is 364 g/mol. The molecule has 2 fully saturated rings. The van der Waals surface area contributed by atoms with Crippen molar-refractivity contribution in [3.8, 4) is 0 Å². The summed E-state index contributed by atoms with van der Waals surface area (Å²) in [5, 5.41) is 4.67. The third-order valence-corrected chi connectivity index (χ3v) is 6.54. The molecule has 1 N–H and O–H groups in total. The minimum absolute atomic E-state index is 0.0244. The van der Waals surface area contributed by atoms with E-state index in [1.54, 1.807) is 6.07 Å². The van der Waals surface area contributed by atoms with Crippen LogP contribution >= 0.6 is 0 Å². The highest BCUT2D eigenvalue weighted by Crippen LogP contribution is 2.28. The van der Waals surface area contributed by atoms with Gasteiger partial charge in [-0.15, -0.1) is 0 Å². The summed E-state index contributed by atoms with van der Waals surface area (Å²) < 4.78 is 2.09. The number of nitrogens with one attached hydrogen (secondary N) is 1. The molecule has 2 aromatic rings. The van der Waals surface area contributed by atoms with E-state index in [9.17, 15) is 4.79 Å². The van der Waals surface area contributed by atoms with Crippen LogP contribution in [0.15, 0.2) is 10.9 Å². The highest BCUT2D eigenvalue weighted by Gasteiger charge is 2.25. The molecule has 0 unspecified atom stereocenters. The summed E-state index contributed by atoms with van der Waals surface area (Å²) in [5.74, 6) is 1.08. The molecule has 0 amide bonds. The van der Waals surface area contributed by atoms with Crippen LogP contribution in [-0.2, 0) is 13.1 Å². The second kappa shape index (κ2) is 8.69. The van der Waals surface area contributed by atoms with Gasteiger partial charge < -0.3 is 4.90 Å². The maximum absolute atomic E-state index is 12.3. The van der Waals surface area contributed by atoms with Crippen LogP contribution in [0.2, 0.25) is 0 Å². The Morgan fingerprint density at radius 1 is 1.14 bits per heavy atom. The van der Waals surface area contributed by atoms with Gasteiger partial charge in [-0.25, -0.2) is 4.98 Å². The molecular formula is C22H34N6O. The van der Waals surface area contributed by atoms with Crippen molar-refractivity contribution in [2.24, 2.45) is 0 Å². The van der Waals surface area contributed by atoms with Crippen molar-refractivity contribution in [1.82, 2.24) is 24.6 Å². The van der Waals surface area contributed by atoms with E-state index in [0.717, 1.165) is 69.4 Å². The number of hydrogen-bond donors (Lipinski definition) is 1. The van der Waals surface area contributed by atoms with Crippen LogP contribution in [0, 0.1) is 13.8 Å². The first kappa shape index (κ1) is 20.1. The van der Waals surface area contributed by atoms with Gasteiger partial charge in [-0.2, -0.15) is 5.10 Å². The van der Waals surface area contributed by atoms with Gasteiger partial charge in [-0.1, -0.05) is 0 Å². The molecule has 7 nitrogen and oxygen atoms in total. The number of piperidine rings is 2. The number of rotatable bonds is 5. The standard InChI is InChI=1S/C22H34N6O/c1-4-28-17(3)19(16(2)25-28)15-26-10-8-9-18(14-26)20-13-21(29)24-22(23-20)27-11-6-5-7-12-27/h13,18H,4-12,14-15H2,1-3H3,(H,23,24,29)/t18-/m1/s1. The predicted octanol–water partition coefficient (Wildman–Crippen LogP) is 2.97. The molecule has 7 heteroatoms. The minimum Gasteiger partial charge on any atom is -0.342 e. The molecule has 29 heavy (non-hydrogen) atoms. The second-order valence-corrected chi connectivity index (χ2v) is 8.58. The average molecular weight is 399 g/mol. The van der Waals surface area contributed by atoms with Gasteiger partial charge in [0.05, 0.1) is 11.4 Å². The van der Waals surface area contributed by atoms with E-state index in [1.165, 1.54) is 30.5 Å². The van der Waals surface area contributed by atoms with Crippen LogP contribution in [0.5, 0.6) is 0 Å². The molecule has 1 atom stereocenters. The van der Waals surface area contributed by atoms with Crippen molar-refractivity contribution < 1.29 is 0 Å². The molecule has 4 heterocycles. The van der Waals surface area contributed by atoms with Gasteiger partial charge in [0.2, 0.25) is 5.95 Å². The first-order valence-corrected chi connectivity index (χ1v) is 11.2. The average Bonchev–Trinajstić information content (AvgIpc) is 3.02. The van der Waals surface area contributed by atoms with E-state index in [4.69, 9.17) is 4.98 Å². The van der Waals surface area contributed by atoms with Crippen molar-refractivity contribution in [2.45, 2.75) is 71.9 Å². The molecule has 2 aliphatic rings. The Kier molecular flexibility index (Phi) is 6.04. The van der Waals surface area contributed by atoms with E-state index in [0.29, 0.717) is 5.92 Å². The van der Waals surface area contributed by atoms with Gasteiger partial charge >= 0.3 is 0 Å². The summed E-state index contributed by atoms with van der Waals surface area (Å²) in [7, 11) is 0. The maximum Gasteiger partial charge on any atom is 0.252 e. The van der Waals surface area contributed by atoms with Gasteiger partial charge in [0, 0.05) is 56.0 Å². The molecule has 2 aromatic heterocycles. The van der Waals surface area contributed by atoms with Gasteiger partial charge in [-0.05, 0) is 59.4 Å². The summed E-state index contributed by atoms with van der Waals surface area (Å²) in [6.07, 6.45) is 5.85. The van der Waals surface area contributed by atoms with Crippen LogP contribution in [-0.4, -0.2) is 50.8 Å². The Hall–Kier alpha value is -2.15. The summed E-state index contributed by atoms with van der Waals surface area (Å²) in [5.41, 5.74) is 4.68. The zero-order valence-corrected chi connectivity index (χ0v) is 18.1. The van der Waals surface area contributed by atoms with Crippen LogP contribution < -0.4 is 10.5 Å². The number of aryl methyl sites for hydroxylation is 2. The normalized spacial score (nSPS) is 20.9. The number of anilines is 1. The molecule has 0 aromatic carbocycles. The summed E-state index contributed by atoms with van der Waals surface area (Å²) in [6.45, 7) is 12.3. The SMILES string of the molecule is CCn1nc(C)c(CN2CCC[C@@H](c3cc(=O)[nH]c(N4CCCCC4)n3)C2)c1C. The van der Waals surface area contributed by atoms with Crippen LogP contribution in [0.1, 0.15) is 67.6 Å². The summed E-state index contributed by atoms with van der Waals surface area (Å²) in [6, 6.07) is 1.72. The molecule has 158 valence electrons. The molecule has 2 saturated heterocycles. The predicted molar refractivity (Wildman–Crippen MR) is 116 cm³/mol. The monoisotopic (exact) mass is 398 g/mol. The Bertz CT molecular complexity index is 895. The number of H-pyrrole nitrogens is 1. The molecule has 0 aliphatic carbocycles. The number of likely N-dealkylation sites (tertiary alicyclic amines) is 1. The smallest absolute Gasteiger partial charge is 0.252 e. The van der Waals surface area contributed by atoms with E-state index in [-0.39, 0.29) is 5.56 Å². The summed E-state index contributed by atoms with van der Waals surface area (Å²) in [4.78, 5) is 25.0. The van der Waals surface area contributed by atoms with Crippen molar-refractivity contribution >= 4 is 5.95 Å². The number of nitrogens with zero attached hydrogens (tertiary/aromatic N) is 5. The largest absolute Gasteiger partial charge is 0.342 e. The lowest BCUT2D eigenvalue weighted by atomic mass is 9.94. The van der Waals surface area contributed by atoms with Gasteiger partial charge in [-0.3, -0.25) is 19.4 Å². The quantitative estimate of drug-likeness (QED) is 0.838. The van der Waals surface area contributed by atoms with Crippen LogP contribution in [0.25, 0.3) is 0 Å². The third kappa shape index (κ3) is 4.39. The van der Waals surface area contributed by atoms with E-state index >= 15 is 0 Å². The van der Waals surface area contributed by atoms with Crippen LogP contribution in [0.3, 0.4) is 0 Å². The summed E-state index contributed by atoms with van der Waals surface area (Å²) >= 11 is 0. The molecule has 0 bridgehead atoms. The Morgan fingerprint density at radius 3 is 2.66 bits per heavy atom. The Labute approximate surface area is 173 Å². The number of hydrogen-bond acceptors (Lipinski definition) is 5. The molecule has 0 spiro atoms. The number of aromatic nitrogens is 4. The topological polar surface area (TPSA) is 70.1 Å². The van der Waals surface area contributed by atoms with E-state index in [1.807, 2.05) is 0 Å². The molecule has 2 aliphatic heterocycles. The zero-order valence-electron chi connectivity index (χ0n) is 18.1. The van der Waals surface area contributed by atoms with E-state index < -0.39 is 0 Å². The second-order valence-electron chi connectivity index (χ2n) is 8.58. The Balaban J connectivity index is 1.50. The third-order valence-electron chi connectivity index (χ3n) is 6.54. The first-order valence-electron chi connectivity index (χ1n) is 11.2. The molecule has 0 radical (unpaired) electrons. The Morgan fingerprint density at radius 2 is 1.93 bits per heavy atom. The van der Waals surface area contributed by atoms with E-state index in [2.05, 4.69) is 45.3 Å². The van der Waals surface area contributed by atoms with Crippen LogP contribution in [0.4, 0.5) is 5.95 Å². The minimum atomic E-state index is -0.0244. The van der Waals surface area contributed by atoms with Gasteiger partial charge in [0.15, 0.2) is 0 Å². The van der Waals surface area contributed by atoms with Gasteiger partial charge in [0.1, 0.15) is 0 Å². The maximum atomic E-state index is 12.3. The number of aromatic amines is 1. The fourth-order valence-corrected chi connectivity index (χ4v) is 4.86. The van der Waals surface area contributed by atoms with Gasteiger partial charge in [0.25, 0.3) is 5.56 Å². The van der Waals surface area contributed by atoms with Crippen molar-refractivity contribution in [2.75, 3.05) is 31.1 Å². The van der Waals surface area contributed by atoms with Crippen molar-refractivity contribution in [1.29, 1.82) is 0 Å². The highest BCUT2D eigenvalue weighted by molar-refractivity contribution is 5.32. The highest BCUT2D eigenvalue weighted by atomic mass is 16.1. The lowest BCUT2D eigenvalue weighted by Crippen LogP contribution is -2.36. The molecule has 0 saturated carbocycles. The fourth-order valence-electron chi connectivity index (χ4n) is 4.86. The first-order chi connectivity index (χ1) is 14.0. The lowest BCUT2D eigenvalue weighted by molar-refractivity contribution is 0.197. The van der Waals surface area contributed by atoms with Crippen molar-refractivity contribution in [3.05, 3.63) is 39.1 Å². The zero-order chi connectivity index (χ0) is 20.4. The molecule has 4 rings (SSSR count). The fraction of sp³-hybridized carbons (Fsp3) is 0.682. The van der Waals surface area contributed by atoms with Crippen molar-refractivity contribution in [3.63, 3.8) is 0 Å².